The maximum Gasteiger partial charge on any atom is 0.226 e. The van der Waals surface area contributed by atoms with E-state index in [2.05, 4.69) is 67.3 Å². The number of piperazine rings is 1. The molecule has 4 rings (SSSR count). The zero-order valence-electron chi connectivity index (χ0n) is 17.1. The van der Waals surface area contributed by atoms with Gasteiger partial charge in [0.1, 0.15) is 0 Å². The van der Waals surface area contributed by atoms with Crippen molar-refractivity contribution in [2.75, 3.05) is 37.6 Å². The molecule has 4 heteroatoms. The zero-order chi connectivity index (χ0) is 19.3. The number of aromatic nitrogens is 2. The van der Waals surface area contributed by atoms with Gasteiger partial charge in [0.25, 0.3) is 0 Å². The minimum atomic E-state index is 0.878. The summed E-state index contributed by atoms with van der Waals surface area (Å²) < 4.78 is 0. The van der Waals surface area contributed by atoms with E-state index in [9.17, 15) is 0 Å². The van der Waals surface area contributed by atoms with Crippen LogP contribution in [0.1, 0.15) is 31.7 Å². The number of nitrogens with zero attached hydrogens (tertiary/aromatic N) is 3. The van der Waals surface area contributed by atoms with Crippen LogP contribution in [-0.4, -0.2) is 42.7 Å². The minimum absolute atomic E-state index is 0.878. The average molecular weight is 376 g/mol. The van der Waals surface area contributed by atoms with Crippen molar-refractivity contribution in [2.45, 2.75) is 33.1 Å². The molecule has 3 aromatic rings. The van der Waals surface area contributed by atoms with Crippen molar-refractivity contribution in [2.24, 2.45) is 0 Å². The van der Waals surface area contributed by atoms with Crippen LogP contribution < -0.4 is 9.80 Å². The fourth-order valence-corrected chi connectivity index (χ4v) is 4.09. The van der Waals surface area contributed by atoms with E-state index < -0.39 is 0 Å². The molecule has 146 valence electrons. The van der Waals surface area contributed by atoms with Crippen molar-refractivity contribution in [3.63, 3.8) is 0 Å². The molecule has 1 N–H and O–H groups in total. The second-order valence-corrected chi connectivity index (χ2v) is 7.95. The standard InChI is InChI=1S/C24H30N4/c1-3-4-8-13-27-14-16-28(17-15-27)24-25-22-12-11-19(2)18-21(22)23(26-24)20-9-6-5-7-10-20/h5-7,9-12,18H,3-4,8,13-17H2,1-2H3/p+1. The third-order valence-electron chi connectivity index (χ3n) is 5.77. The molecule has 0 saturated carbocycles. The lowest BCUT2D eigenvalue weighted by molar-refractivity contribution is -0.900. The Bertz CT molecular complexity index is 915. The highest BCUT2D eigenvalue weighted by Crippen LogP contribution is 2.29. The quantitative estimate of drug-likeness (QED) is 0.670. The van der Waals surface area contributed by atoms with Crippen LogP contribution in [0.25, 0.3) is 22.2 Å². The predicted molar refractivity (Wildman–Crippen MR) is 117 cm³/mol. The Labute approximate surface area is 168 Å². The van der Waals surface area contributed by atoms with Crippen LogP contribution in [0.4, 0.5) is 5.95 Å². The van der Waals surface area contributed by atoms with E-state index in [1.807, 2.05) is 0 Å². The normalized spacial score (nSPS) is 15.3. The topological polar surface area (TPSA) is 33.5 Å². The summed E-state index contributed by atoms with van der Waals surface area (Å²) in [5.41, 5.74) is 4.48. The largest absolute Gasteiger partial charge is 0.332 e. The van der Waals surface area contributed by atoms with Crippen molar-refractivity contribution in [3.8, 4) is 11.3 Å². The Balaban J connectivity index is 1.61. The fourth-order valence-electron chi connectivity index (χ4n) is 4.09. The zero-order valence-corrected chi connectivity index (χ0v) is 17.1. The second-order valence-electron chi connectivity index (χ2n) is 7.95. The molecule has 0 unspecified atom stereocenters. The summed E-state index contributed by atoms with van der Waals surface area (Å²) in [6.07, 6.45) is 3.99. The van der Waals surface area contributed by atoms with E-state index in [0.717, 1.165) is 41.2 Å². The highest BCUT2D eigenvalue weighted by atomic mass is 15.3. The fraction of sp³-hybridized carbons (Fsp3) is 0.417. The first-order chi connectivity index (χ1) is 13.7. The summed E-state index contributed by atoms with van der Waals surface area (Å²) in [6.45, 7) is 10.1. The van der Waals surface area contributed by atoms with Crippen molar-refractivity contribution < 1.29 is 4.90 Å². The Morgan fingerprint density at radius 2 is 1.75 bits per heavy atom. The van der Waals surface area contributed by atoms with Crippen LogP contribution in [0.2, 0.25) is 0 Å². The molecule has 2 aromatic carbocycles. The molecule has 0 aliphatic carbocycles. The van der Waals surface area contributed by atoms with Crippen molar-refractivity contribution >= 4 is 16.9 Å². The molecule has 1 fully saturated rings. The van der Waals surface area contributed by atoms with Gasteiger partial charge in [0, 0.05) is 10.9 Å². The first kappa shape index (κ1) is 18.9. The van der Waals surface area contributed by atoms with E-state index in [0.29, 0.717) is 0 Å². The van der Waals surface area contributed by atoms with Crippen molar-refractivity contribution in [1.82, 2.24) is 9.97 Å². The van der Waals surface area contributed by atoms with E-state index >= 15 is 0 Å². The summed E-state index contributed by atoms with van der Waals surface area (Å²) >= 11 is 0. The molecule has 4 nitrogen and oxygen atoms in total. The molecule has 2 heterocycles. The number of hydrogen-bond donors (Lipinski definition) is 1. The van der Waals surface area contributed by atoms with Crippen LogP contribution in [0.15, 0.2) is 48.5 Å². The number of quaternary nitrogens is 1. The second kappa shape index (κ2) is 8.70. The SMILES string of the molecule is CCCCC[NH+]1CCN(c2nc(-c3ccccc3)c3cc(C)ccc3n2)CC1. The van der Waals surface area contributed by atoms with Gasteiger partial charge in [-0.25, -0.2) is 9.97 Å². The van der Waals surface area contributed by atoms with Gasteiger partial charge in [-0.2, -0.15) is 0 Å². The van der Waals surface area contributed by atoms with E-state index in [4.69, 9.17) is 9.97 Å². The average Bonchev–Trinajstić information content (AvgIpc) is 2.74. The van der Waals surface area contributed by atoms with Gasteiger partial charge in [-0.15, -0.1) is 0 Å². The number of unbranched alkanes of at least 4 members (excludes halogenated alkanes) is 2. The highest BCUT2D eigenvalue weighted by molar-refractivity contribution is 5.93. The first-order valence-electron chi connectivity index (χ1n) is 10.7. The van der Waals surface area contributed by atoms with Gasteiger partial charge < -0.3 is 9.80 Å². The Hall–Kier alpha value is -2.46. The van der Waals surface area contributed by atoms with E-state index in [1.165, 1.54) is 44.5 Å². The molecule has 0 spiro atoms. The van der Waals surface area contributed by atoms with Gasteiger partial charge in [0.2, 0.25) is 5.95 Å². The van der Waals surface area contributed by atoms with E-state index in [1.54, 1.807) is 4.90 Å². The van der Waals surface area contributed by atoms with Crippen LogP contribution in [0, 0.1) is 6.92 Å². The summed E-state index contributed by atoms with van der Waals surface area (Å²) in [7, 11) is 0. The lowest BCUT2D eigenvalue weighted by Gasteiger charge is -2.32. The summed E-state index contributed by atoms with van der Waals surface area (Å²) in [5, 5.41) is 1.14. The predicted octanol–water partition coefficient (Wildman–Crippen LogP) is 3.50. The summed E-state index contributed by atoms with van der Waals surface area (Å²) in [6, 6.07) is 17.0. The number of fused-ring (bicyclic) bond motifs is 1. The molecule has 0 atom stereocenters. The number of benzene rings is 2. The first-order valence-corrected chi connectivity index (χ1v) is 10.7. The van der Waals surface area contributed by atoms with Gasteiger partial charge >= 0.3 is 0 Å². The van der Waals surface area contributed by atoms with E-state index in [-0.39, 0.29) is 0 Å². The number of aryl methyl sites for hydroxylation is 1. The number of nitrogens with one attached hydrogen (secondary N) is 1. The molecule has 1 saturated heterocycles. The lowest BCUT2D eigenvalue weighted by Crippen LogP contribution is -3.14. The molecule has 28 heavy (non-hydrogen) atoms. The molecule has 1 aliphatic rings. The lowest BCUT2D eigenvalue weighted by atomic mass is 10.0. The number of anilines is 1. The molecular weight excluding hydrogens is 344 g/mol. The molecule has 1 aromatic heterocycles. The third kappa shape index (κ3) is 4.17. The van der Waals surface area contributed by atoms with Crippen LogP contribution >= 0.6 is 0 Å². The summed E-state index contributed by atoms with van der Waals surface area (Å²) in [5.74, 6) is 0.878. The van der Waals surface area contributed by atoms with Gasteiger partial charge in [0.15, 0.2) is 0 Å². The van der Waals surface area contributed by atoms with Crippen molar-refractivity contribution in [3.05, 3.63) is 54.1 Å². The smallest absolute Gasteiger partial charge is 0.226 e. The maximum atomic E-state index is 5.04. The monoisotopic (exact) mass is 375 g/mol. The maximum absolute atomic E-state index is 5.04. The Morgan fingerprint density at radius 1 is 0.964 bits per heavy atom. The van der Waals surface area contributed by atoms with Crippen molar-refractivity contribution in [1.29, 1.82) is 0 Å². The number of rotatable bonds is 6. The minimum Gasteiger partial charge on any atom is -0.332 e. The molecule has 0 radical (unpaired) electrons. The Morgan fingerprint density at radius 3 is 2.50 bits per heavy atom. The third-order valence-corrected chi connectivity index (χ3v) is 5.77. The Kier molecular flexibility index (Phi) is 5.87. The van der Waals surface area contributed by atoms with Crippen LogP contribution in [-0.2, 0) is 0 Å². The van der Waals surface area contributed by atoms with Crippen LogP contribution in [0.3, 0.4) is 0 Å². The van der Waals surface area contributed by atoms with Gasteiger partial charge in [-0.05, 0) is 31.9 Å². The molecule has 0 amide bonds. The molecule has 1 aliphatic heterocycles. The molecular formula is C24H31N4+. The number of hydrogen-bond acceptors (Lipinski definition) is 3. The van der Waals surface area contributed by atoms with Crippen LogP contribution in [0.5, 0.6) is 0 Å². The summed E-state index contributed by atoms with van der Waals surface area (Å²) in [4.78, 5) is 14.1. The van der Waals surface area contributed by atoms with Gasteiger partial charge in [-0.1, -0.05) is 55.3 Å². The highest BCUT2D eigenvalue weighted by Gasteiger charge is 2.22. The van der Waals surface area contributed by atoms with Gasteiger partial charge in [0.05, 0.1) is 43.9 Å². The van der Waals surface area contributed by atoms with Gasteiger partial charge in [-0.3, -0.25) is 0 Å². The molecule has 0 bridgehead atoms.